The predicted molar refractivity (Wildman–Crippen MR) is 76.2 cm³/mol. The van der Waals surface area contributed by atoms with Crippen LogP contribution in [0.2, 0.25) is 5.02 Å². The molecule has 0 bridgehead atoms. The number of esters is 1. The van der Waals surface area contributed by atoms with Crippen molar-refractivity contribution < 1.29 is 33.0 Å². The predicted octanol–water partition coefficient (Wildman–Crippen LogP) is 0.240. The van der Waals surface area contributed by atoms with Crippen molar-refractivity contribution in [3.05, 3.63) is 28.8 Å². The molecule has 22 heavy (non-hydrogen) atoms. The summed E-state index contributed by atoms with van der Waals surface area (Å²) in [7, 11) is -3.05. The zero-order valence-corrected chi connectivity index (χ0v) is 13.2. The van der Waals surface area contributed by atoms with E-state index in [0.717, 1.165) is 26.2 Å². The van der Waals surface area contributed by atoms with Gasteiger partial charge in [0.25, 0.3) is 0 Å². The summed E-state index contributed by atoms with van der Waals surface area (Å²) in [6.07, 6.45) is 0. The molecule has 10 heteroatoms. The molecule has 1 unspecified atom stereocenters. The number of carbonyl (C=O) groups is 2. The van der Waals surface area contributed by atoms with Gasteiger partial charge in [0, 0.05) is 5.02 Å². The lowest BCUT2D eigenvalue weighted by atomic mass is 10.1. The molecule has 0 aliphatic heterocycles. The maximum Gasteiger partial charge on any atom is 0.337 e. The Morgan fingerprint density at radius 2 is 1.95 bits per heavy atom. The number of ether oxygens (including phenoxy) is 1. The van der Waals surface area contributed by atoms with Gasteiger partial charge >= 0.3 is 11.9 Å². The molecule has 122 valence electrons. The number of sulfonamides is 1. The van der Waals surface area contributed by atoms with E-state index in [1.165, 1.54) is 6.07 Å². The van der Waals surface area contributed by atoms with E-state index >= 15 is 0 Å². The van der Waals surface area contributed by atoms with Crippen LogP contribution < -0.4 is 4.72 Å². The summed E-state index contributed by atoms with van der Waals surface area (Å²) in [6, 6.07) is 3.32. The Morgan fingerprint density at radius 3 is 2.45 bits per heavy atom. The average molecular weight is 352 g/mol. The van der Waals surface area contributed by atoms with Gasteiger partial charge in [-0.05, 0) is 25.1 Å². The van der Waals surface area contributed by atoms with E-state index in [4.69, 9.17) is 16.7 Å². The van der Waals surface area contributed by atoms with Crippen molar-refractivity contribution in [2.24, 2.45) is 0 Å². The van der Waals surface area contributed by atoms with E-state index in [0.29, 0.717) is 0 Å². The average Bonchev–Trinajstić information content (AvgIpc) is 2.43. The zero-order valence-electron chi connectivity index (χ0n) is 11.7. The second-order valence-electron chi connectivity index (χ2n) is 4.57. The summed E-state index contributed by atoms with van der Waals surface area (Å²) >= 11 is 5.75. The Balaban J connectivity index is 3.11. The fourth-order valence-electron chi connectivity index (χ4n) is 1.35. The number of carbonyl (C=O) groups excluding carboxylic acids is 1. The first-order chi connectivity index (χ1) is 9.99. The van der Waals surface area contributed by atoms with Crippen LogP contribution in [0.1, 0.15) is 17.3 Å². The fraction of sp³-hybridized carbons (Fsp3) is 0.333. The molecule has 0 heterocycles. The largest absolute Gasteiger partial charge is 0.479 e. The van der Waals surface area contributed by atoms with Gasteiger partial charge in [0.2, 0.25) is 10.0 Å². The number of aliphatic carboxylic acids is 1. The molecular formula is C12H14ClNO7S. The molecular weight excluding hydrogens is 338 g/mol. The van der Waals surface area contributed by atoms with Crippen LogP contribution in [0.15, 0.2) is 23.1 Å². The Labute approximate surface area is 131 Å². The highest BCUT2D eigenvalue weighted by Crippen LogP contribution is 2.20. The minimum absolute atomic E-state index is 0.0201. The Bertz CT molecular complexity index is 699. The van der Waals surface area contributed by atoms with Crippen molar-refractivity contribution in [1.82, 2.24) is 4.72 Å². The van der Waals surface area contributed by atoms with Crippen LogP contribution in [-0.4, -0.2) is 49.8 Å². The van der Waals surface area contributed by atoms with Crippen LogP contribution in [-0.2, 0) is 19.6 Å². The Kier molecular flexibility index (Phi) is 5.52. The monoisotopic (exact) mass is 351 g/mol. The SMILES string of the molecule is COC(=O)c1cc(Cl)cc(S(=O)(=O)NCC(C)(O)C(=O)O)c1. The lowest BCUT2D eigenvalue weighted by molar-refractivity contribution is -0.155. The lowest BCUT2D eigenvalue weighted by Crippen LogP contribution is -2.46. The van der Waals surface area contributed by atoms with E-state index in [1.54, 1.807) is 0 Å². The standard InChI is InChI=1S/C12H14ClNO7S/c1-12(18,11(16)17)6-14-22(19,20)9-4-7(10(15)21-2)3-8(13)5-9/h3-5,14,18H,6H2,1-2H3,(H,16,17). The van der Waals surface area contributed by atoms with E-state index in [1.807, 2.05) is 4.72 Å². The second-order valence-corrected chi connectivity index (χ2v) is 6.77. The summed E-state index contributed by atoms with van der Waals surface area (Å²) in [5.74, 6) is -2.37. The molecule has 0 amide bonds. The summed E-state index contributed by atoms with van der Waals surface area (Å²) in [4.78, 5) is 21.8. The van der Waals surface area contributed by atoms with Gasteiger partial charge in [-0.25, -0.2) is 22.7 Å². The lowest BCUT2D eigenvalue weighted by Gasteiger charge is -2.18. The minimum Gasteiger partial charge on any atom is -0.479 e. The Hall–Kier alpha value is -1.68. The number of hydrogen-bond donors (Lipinski definition) is 3. The Morgan fingerprint density at radius 1 is 1.36 bits per heavy atom. The molecule has 0 aliphatic rings. The normalized spacial score (nSPS) is 14.2. The summed E-state index contributed by atoms with van der Waals surface area (Å²) < 4.78 is 30.6. The van der Waals surface area contributed by atoms with Crippen molar-refractivity contribution in [3.8, 4) is 0 Å². The summed E-state index contributed by atoms with van der Waals surface area (Å²) in [5.41, 5.74) is -2.36. The smallest absolute Gasteiger partial charge is 0.337 e. The number of carboxylic acids is 1. The minimum atomic E-state index is -4.18. The van der Waals surface area contributed by atoms with Crippen LogP contribution in [0.4, 0.5) is 0 Å². The number of halogens is 1. The van der Waals surface area contributed by atoms with Gasteiger partial charge in [0.05, 0.1) is 24.1 Å². The second kappa shape index (κ2) is 6.61. The van der Waals surface area contributed by atoms with Gasteiger partial charge in [-0.1, -0.05) is 11.6 Å². The topological polar surface area (TPSA) is 130 Å². The van der Waals surface area contributed by atoms with Crippen molar-refractivity contribution in [1.29, 1.82) is 0 Å². The number of hydrogen-bond acceptors (Lipinski definition) is 6. The fourth-order valence-corrected chi connectivity index (χ4v) is 2.85. The molecule has 0 radical (unpaired) electrons. The van der Waals surface area contributed by atoms with Crippen molar-refractivity contribution in [2.45, 2.75) is 17.4 Å². The highest BCUT2D eigenvalue weighted by atomic mass is 35.5. The number of benzene rings is 1. The van der Waals surface area contributed by atoms with Crippen molar-refractivity contribution in [2.75, 3.05) is 13.7 Å². The first-order valence-electron chi connectivity index (χ1n) is 5.84. The molecule has 3 N–H and O–H groups in total. The molecule has 1 rings (SSSR count). The van der Waals surface area contributed by atoms with E-state index in [2.05, 4.69) is 4.74 Å². The van der Waals surface area contributed by atoms with Crippen LogP contribution in [0.25, 0.3) is 0 Å². The van der Waals surface area contributed by atoms with Crippen molar-refractivity contribution >= 4 is 33.6 Å². The molecule has 8 nitrogen and oxygen atoms in total. The van der Waals surface area contributed by atoms with Gasteiger partial charge < -0.3 is 14.9 Å². The molecule has 0 aliphatic carbocycles. The maximum atomic E-state index is 12.1. The van der Waals surface area contributed by atoms with Crippen LogP contribution in [0, 0.1) is 0 Å². The molecule has 0 saturated carbocycles. The van der Waals surface area contributed by atoms with Gasteiger partial charge in [0.1, 0.15) is 0 Å². The van der Waals surface area contributed by atoms with Crippen molar-refractivity contribution in [3.63, 3.8) is 0 Å². The van der Waals surface area contributed by atoms with E-state index < -0.39 is 34.1 Å². The van der Waals surface area contributed by atoms with Gasteiger partial charge in [-0.2, -0.15) is 0 Å². The van der Waals surface area contributed by atoms with Crippen LogP contribution in [0.3, 0.4) is 0 Å². The number of carboxylic acid groups (broad SMARTS) is 1. The number of aliphatic hydroxyl groups is 1. The molecule has 1 atom stereocenters. The quantitative estimate of drug-likeness (QED) is 0.626. The van der Waals surface area contributed by atoms with Crippen LogP contribution in [0.5, 0.6) is 0 Å². The molecule has 0 fully saturated rings. The third-order valence-corrected chi connectivity index (χ3v) is 4.27. The number of nitrogens with one attached hydrogen (secondary N) is 1. The third kappa shape index (κ3) is 4.41. The van der Waals surface area contributed by atoms with Gasteiger partial charge in [-0.15, -0.1) is 0 Å². The molecule has 0 saturated heterocycles. The zero-order chi connectivity index (χ0) is 17.1. The maximum absolute atomic E-state index is 12.1. The van der Waals surface area contributed by atoms with Gasteiger partial charge in [-0.3, -0.25) is 0 Å². The van der Waals surface area contributed by atoms with E-state index in [9.17, 15) is 23.1 Å². The first kappa shape index (κ1) is 18.4. The third-order valence-electron chi connectivity index (χ3n) is 2.67. The summed E-state index contributed by atoms with van der Waals surface area (Å²) in [5, 5.41) is 18.2. The molecule has 0 spiro atoms. The summed E-state index contributed by atoms with van der Waals surface area (Å²) in [6.45, 7) is 0.181. The molecule has 1 aromatic carbocycles. The number of methoxy groups -OCH3 is 1. The highest BCUT2D eigenvalue weighted by molar-refractivity contribution is 7.89. The number of rotatable bonds is 6. The highest BCUT2D eigenvalue weighted by Gasteiger charge is 2.32. The van der Waals surface area contributed by atoms with Gasteiger partial charge in [0.15, 0.2) is 5.60 Å². The first-order valence-corrected chi connectivity index (χ1v) is 7.70. The molecule has 1 aromatic rings. The van der Waals surface area contributed by atoms with Crippen LogP contribution >= 0.6 is 11.6 Å². The molecule has 0 aromatic heterocycles. The van der Waals surface area contributed by atoms with E-state index in [-0.39, 0.29) is 15.5 Å².